The van der Waals surface area contributed by atoms with Gasteiger partial charge in [-0.15, -0.1) is 11.3 Å². The molecule has 0 amide bonds. The first kappa shape index (κ1) is 9.75. The van der Waals surface area contributed by atoms with Crippen molar-refractivity contribution >= 4 is 11.3 Å². The van der Waals surface area contributed by atoms with E-state index < -0.39 is 0 Å². The fraction of sp³-hybridized carbons (Fsp3) is 0.727. The maximum Gasteiger partial charge on any atom is 0.0964 e. The molecule has 0 spiro atoms. The highest BCUT2D eigenvalue weighted by atomic mass is 32.1. The van der Waals surface area contributed by atoms with Crippen LogP contribution in [0, 0.1) is 0 Å². The molecule has 2 aliphatic heterocycles. The van der Waals surface area contributed by atoms with Gasteiger partial charge >= 0.3 is 0 Å². The summed E-state index contributed by atoms with van der Waals surface area (Å²) < 4.78 is 0. The van der Waals surface area contributed by atoms with Crippen molar-refractivity contribution in [1.82, 2.24) is 15.6 Å². The van der Waals surface area contributed by atoms with E-state index in [1.54, 1.807) is 0 Å². The fourth-order valence-electron chi connectivity index (χ4n) is 2.43. The number of rotatable bonds is 1. The van der Waals surface area contributed by atoms with Crippen molar-refractivity contribution in [2.75, 3.05) is 13.1 Å². The van der Waals surface area contributed by atoms with Crippen LogP contribution in [0.15, 0.2) is 0 Å². The third-order valence-electron chi connectivity index (χ3n) is 3.40. The lowest BCUT2D eigenvalue weighted by Crippen LogP contribution is -2.26. The van der Waals surface area contributed by atoms with Gasteiger partial charge in [-0.1, -0.05) is 0 Å². The first-order valence-electron chi connectivity index (χ1n) is 5.78. The second kappa shape index (κ2) is 3.85. The van der Waals surface area contributed by atoms with Crippen LogP contribution in [0.3, 0.4) is 0 Å². The van der Waals surface area contributed by atoms with Crippen LogP contribution in [0.5, 0.6) is 0 Å². The van der Waals surface area contributed by atoms with Gasteiger partial charge in [-0.25, -0.2) is 4.98 Å². The molecule has 0 saturated carbocycles. The van der Waals surface area contributed by atoms with Crippen molar-refractivity contribution in [3.8, 4) is 0 Å². The molecule has 0 aliphatic carbocycles. The first-order chi connectivity index (χ1) is 7.34. The molecular weight excluding hydrogens is 206 g/mol. The highest BCUT2D eigenvalue weighted by molar-refractivity contribution is 7.12. The Morgan fingerprint density at radius 3 is 2.87 bits per heavy atom. The van der Waals surface area contributed by atoms with Gasteiger partial charge in [-0.2, -0.15) is 0 Å². The van der Waals surface area contributed by atoms with E-state index in [9.17, 15) is 0 Å². The zero-order chi connectivity index (χ0) is 10.3. The maximum absolute atomic E-state index is 4.79. The number of fused-ring (bicyclic) bond motifs is 1. The average molecular weight is 223 g/mol. The molecule has 1 atom stereocenters. The largest absolute Gasteiger partial charge is 0.317 e. The minimum absolute atomic E-state index is 0.521. The third-order valence-corrected chi connectivity index (χ3v) is 4.84. The molecule has 1 unspecified atom stereocenters. The zero-order valence-electron chi connectivity index (χ0n) is 9.05. The second-order valence-corrected chi connectivity index (χ2v) is 5.55. The Labute approximate surface area is 94.3 Å². The number of piperidine rings is 1. The Hall–Kier alpha value is -0.450. The van der Waals surface area contributed by atoms with Crippen LogP contribution >= 0.6 is 11.3 Å². The number of nitrogens with zero attached hydrogens (tertiary/aromatic N) is 1. The van der Waals surface area contributed by atoms with Crippen molar-refractivity contribution in [3.05, 3.63) is 15.6 Å². The summed E-state index contributed by atoms with van der Waals surface area (Å²) in [6, 6.07) is 0.521. The van der Waals surface area contributed by atoms with Gasteiger partial charge in [0.2, 0.25) is 0 Å². The van der Waals surface area contributed by atoms with E-state index in [-0.39, 0.29) is 0 Å². The van der Waals surface area contributed by atoms with E-state index in [1.807, 2.05) is 11.3 Å². The van der Waals surface area contributed by atoms with Gasteiger partial charge in [0.25, 0.3) is 0 Å². The Balaban J connectivity index is 1.84. The number of hydrogen-bond donors (Lipinski definition) is 2. The predicted molar refractivity (Wildman–Crippen MR) is 62.2 cm³/mol. The van der Waals surface area contributed by atoms with Crippen LogP contribution in [0.4, 0.5) is 0 Å². The molecule has 0 radical (unpaired) electrons. The van der Waals surface area contributed by atoms with Crippen molar-refractivity contribution in [3.63, 3.8) is 0 Å². The molecule has 1 aromatic rings. The van der Waals surface area contributed by atoms with Crippen LogP contribution in [-0.2, 0) is 6.54 Å². The highest BCUT2D eigenvalue weighted by Gasteiger charge is 2.26. The van der Waals surface area contributed by atoms with Crippen LogP contribution < -0.4 is 10.6 Å². The number of thiazole rings is 1. The molecule has 3 heterocycles. The van der Waals surface area contributed by atoms with Crippen LogP contribution in [0.1, 0.15) is 47.3 Å². The van der Waals surface area contributed by atoms with Gasteiger partial charge in [0.1, 0.15) is 0 Å². The summed E-state index contributed by atoms with van der Waals surface area (Å²) in [6.07, 6.45) is 2.52. The molecule has 0 bridgehead atoms. The molecule has 2 N–H and O–H groups in total. The second-order valence-electron chi connectivity index (χ2n) is 4.49. The predicted octanol–water partition coefficient (Wildman–Crippen LogP) is 1.77. The van der Waals surface area contributed by atoms with E-state index in [0.717, 1.165) is 19.6 Å². The summed E-state index contributed by atoms with van der Waals surface area (Å²) >= 11 is 1.94. The van der Waals surface area contributed by atoms with Gasteiger partial charge in [0.15, 0.2) is 0 Å². The smallest absolute Gasteiger partial charge is 0.0964 e. The SMILES string of the molecule is CC1NCc2nc(C3CCNCC3)sc21. The Kier molecular flexibility index (Phi) is 2.50. The Morgan fingerprint density at radius 2 is 2.13 bits per heavy atom. The monoisotopic (exact) mass is 223 g/mol. The topological polar surface area (TPSA) is 37.0 Å². The molecule has 3 rings (SSSR count). The summed E-state index contributed by atoms with van der Waals surface area (Å²) in [7, 11) is 0. The average Bonchev–Trinajstić information content (AvgIpc) is 2.83. The first-order valence-corrected chi connectivity index (χ1v) is 6.60. The standard InChI is InChI=1S/C11H17N3S/c1-7-10-9(6-13-7)14-11(15-10)8-2-4-12-5-3-8/h7-8,12-13H,2-6H2,1H3. The van der Waals surface area contributed by atoms with Crippen molar-refractivity contribution in [2.45, 2.75) is 38.3 Å². The van der Waals surface area contributed by atoms with Crippen molar-refractivity contribution in [2.24, 2.45) is 0 Å². The fourth-order valence-corrected chi connectivity index (χ4v) is 3.71. The van der Waals surface area contributed by atoms with Crippen molar-refractivity contribution < 1.29 is 0 Å². The molecule has 0 aromatic carbocycles. The highest BCUT2D eigenvalue weighted by Crippen LogP contribution is 2.36. The van der Waals surface area contributed by atoms with E-state index in [1.165, 1.54) is 28.4 Å². The summed E-state index contributed by atoms with van der Waals surface area (Å²) in [6.45, 7) is 5.51. The lowest BCUT2D eigenvalue weighted by molar-refractivity contribution is 0.458. The van der Waals surface area contributed by atoms with E-state index >= 15 is 0 Å². The van der Waals surface area contributed by atoms with Gasteiger partial charge in [-0.3, -0.25) is 0 Å². The molecule has 2 aliphatic rings. The molecular formula is C11H17N3S. The van der Waals surface area contributed by atoms with Crippen molar-refractivity contribution in [1.29, 1.82) is 0 Å². The molecule has 1 fully saturated rings. The summed E-state index contributed by atoms with van der Waals surface area (Å²) in [4.78, 5) is 6.27. The minimum Gasteiger partial charge on any atom is -0.317 e. The van der Waals surface area contributed by atoms with E-state index in [2.05, 4.69) is 17.6 Å². The lowest BCUT2D eigenvalue weighted by atomic mass is 9.99. The molecule has 4 heteroatoms. The molecule has 3 nitrogen and oxygen atoms in total. The van der Waals surface area contributed by atoms with Crippen LogP contribution in [-0.4, -0.2) is 18.1 Å². The normalized spacial score (nSPS) is 26.9. The van der Waals surface area contributed by atoms with Crippen LogP contribution in [0.25, 0.3) is 0 Å². The minimum atomic E-state index is 0.521. The van der Waals surface area contributed by atoms with Gasteiger partial charge in [0, 0.05) is 23.4 Å². The van der Waals surface area contributed by atoms with Gasteiger partial charge in [0.05, 0.1) is 10.7 Å². The molecule has 1 saturated heterocycles. The summed E-state index contributed by atoms with van der Waals surface area (Å²) in [5.74, 6) is 0.717. The zero-order valence-corrected chi connectivity index (χ0v) is 9.86. The van der Waals surface area contributed by atoms with Gasteiger partial charge < -0.3 is 10.6 Å². The quantitative estimate of drug-likeness (QED) is 0.762. The Morgan fingerprint density at radius 1 is 1.33 bits per heavy atom. The molecule has 82 valence electrons. The van der Waals surface area contributed by atoms with E-state index in [0.29, 0.717) is 12.0 Å². The van der Waals surface area contributed by atoms with Gasteiger partial charge in [-0.05, 0) is 32.9 Å². The summed E-state index contributed by atoms with van der Waals surface area (Å²) in [5, 5.41) is 8.22. The molecule has 1 aromatic heterocycles. The lowest BCUT2D eigenvalue weighted by Gasteiger charge is -2.20. The maximum atomic E-state index is 4.79. The Bertz CT molecular complexity index is 355. The number of hydrogen-bond acceptors (Lipinski definition) is 4. The van der Waals surface area contributed by atoms with E-state index in [4.69, 9.17) is 4.98 Å². The number of aromatic nitrogens is 1. The third kappa shape index (κ3) is 1.71. The molecule has 15 heavy (non-hydrogen) atoms. The van der Waals surface area contributed by atoms with Crippen LogP contribution in [0.2, 0.25) is 0 Å². The summed E-state index contributed by atoms with van der Waals surface area (Å²) in [5.41, 5.74) is 1.31. The number of nitrogens with one attached hydrogen (secondary N) is 2.